The fraction of sp³-hybridized carbons (Fsp3) is 0.938. The molecular formula is C16H25N3O. The molecular weight excluding hydrogens is 250 g/mol. The molecule has 0 aromatic rings. The first-order valence-electron chi connectivity index (χ1n) is 8.31. The second-order valence-corrected chi connectivity index (χ2v) is 8.32. The molecule has 4 heteroatoms. The third-order valence-electron chi connectivity index (χ3n) is 7.46. The highest BCUT2D eigenvalue weighted by atomic mass is 16.3. The number of rotatable bonds is 3. The zero-order valence-corrected chi connectivity index (χ0v) is 12.3. The van der Waals surface area contributed by atoms with Gasteiger partial charge < -0.3 is 16.2 Å². The van der Waals surface area contributed by atoms with Crippen LogP contribution in [0, 0.1) is 47.3 Å². The Hall–Kier alpha value is -0.770. The van der Waals surface area contributed by atoms with Gasteiger partial charge in [0.25, 0.3) is 0 Å². The molecule has 9 unspecified atom stereocenters. The van der Waals surface area contributed by atoms with Crippen molar-refractivity contribution in [3.05, 3.63) is 0 Å². The molecule has 9 atom stereocenters. The molecule has 5 rings (SSSR count). The molecule has 4 N–H and O–H groups in total. The molecule has 0 heterocycles. The quantitative estimate of drug-likeness (QED) is 0.527. The van der Waals surface area contributed by atoms with Crippen molar-refractivity contribution in [1.82, 2.24) is 5.32 Å². The van der Waals surface area contributed by atoms with Gasteiger partial charge in [0.05, 0.1) is 12.1 Å². The Labute approximate surface area is 120 Å². The molecule has 0 aromatic heterocycles. The molecule has 0 amide bonds. The molecule has 5 aliphatic carbocycles. The van der Waals surface area contributed by atoms with E-state index in [4.69, 9.17) is 5.73 Å². The summed E-state index contributed by atoms with van der Waals surface area (Å²) in [6.45, 7) is 4.63. The lowest BCUT2D eigenvalue weighted by molar-refractivity contribution is -0.123. The lowest BCUT2D eigenvalue weighted by Gasteiger charge is -2.51. The monoisotopic (exact) mass is 275 g/mol. The fourth-order valence-corrected chi connectivity index (χ4v) is 7.49. The van der Waals surface area contributed by atoms with E-state index < -0.39 is 5.60 Å². The number of nitrogens with two attached hydrogens (primary N) is 1. The van der Waals surface area contributed by atoms with Crippen molar-refractivity contribution in [2.45, 2.75) is 38.3 Å². The molecule has 0 aromatic carbocycles. The third-order valence-corrected chi connectivity index (χ3v) is 7.46. The Kier molecular flexibility index (Phi) is 1.98. The van der Waals surface area contributed by atoms with Gasteiger partial charge in [-0.05, 0) is 74.0 Å². The van der Waals surface area contributed by atoms with Crippen molar-refractivity contribution >= 4 is 5.96 Å². The number of nitrogens with zero attached hydrogens (tertiary/aromatic N) is 1. The lowest BCUT2D eigenvalue weighted by atomic mass is 9.56. The summed E-state index contributed by atoms with van der Waals surface area (Å²) in [5.41, 5.74) is 5.39. The third kappa shape index (κ3) is 1.07. The zero-order chi connectivity index (χ0) is 13.8. The van der Waals surface area contributed by atoms with Crippen LogP contribution >= 0.6 is 0 Å². The van der Waals surface area contributed by atoms with Crippen molar-refractivity contribution < 1.29 is 5.11 Å². The molecule has 5 saturated carbocycles. The SMILES string of the molecule is CC(C)NC(N)=NCC1(O)C2C3CC4C5C3CC2C5C41. The standard InChI is InChI=1S/C16H25N3O/c1-6(2)19-15(17)18-5-16(20)13-8-4-9-11-7(8)3-10(13)12(11)14(9)16/h6-14,20H,3-5H2,1-2H3,(H3,17,18,19). The number of aliphatic imine (C=N–C) groups is 1. The Morgan fingerprint density at radius 3 is 2.65 bits per heavy atom. The van der Waals surface area contributed by atoms with Crippen LogP contribution in [0.3, 0.4) is 0 Å². The van der Waals surface area contributed by atoms with Crippen molar-refractivity contribution in [2.24, 2.45) is 58.1 Å². The van der Waals surface area contributed by atoms with E-state index in [0.29, 0.717) is 30.4 Å². The molecule has 5 aliphatic rings. The normalized spacial score (nSPS) is 60.7. The minimum absolute atomic E-state index is 0.297. The van der Waals surface area contributed by atoms with Gasteiger partial charge >= 0.3 is 0 Å². The van der Waals surface area contributed by atoms with Crippen LogP contribution in [0.5, 0.6) is 0 Å². The van der Waals surface area contributed by atoms with Crippen LogP contribution in [0.2, 0.25) is 0 Å². The van der Waals surface area contributed by atoms with E-state index in [1.165, 1.54) is 12.8 Å². The smallest absolute Gasteiger partial charge is 0.188 e. The maximum atomic E-state index is 11.4. The van der Waals surface area contributed by atoms with E-state index in [0.717, 1.165) is 35.5 Å². The maximum Gasteiger partial charge on any atom is 0.188 e. The van der Waals surface area contributed by atoms with Crippen molar-refractivity contribution in [3.8, 4) is 0 Å². The zero-order valence-electron chi connectivity index (χ0n) is 12.3. The molecule has 0 radical (unpaired) electrons. The summed E-state index contributed by atoms with van der Waals surface area (Å²) in [6.07, 6.45) is 2.81. The highest BCUT2D eigenvalue weighted by molar-refractivity contribution is 5.78. The van der Waals surface area contributed by atoms with Crippen LogP contribution in [0.25, 0.3) is 0 Å². The Morgan fingerprint density at radius 1 is 1.20 bits per heavy atom. The summed E-state index contributed by atoms with van der Waals surface area (Å²) in [7, 11) is 0. The number of hydrogen-bond acceptors (Lipinski definition) is 2. The van der Waals surface area contributed by atoms with Crippen LogP contribution in [-0.4, -0.2) is 29.3 Å². The highest BCUT2D eigenvalue weighted by Gasteiger charge is 2.84. The van der Waals surface area contributed by atoms with Gasteiger partial charge in [-0.2, -0.15) is 0 Å². The second-order valence-electron chi connectivity index (χ2n) is 8.32. The number of nitrogens with one attached hydrogen (secondary N) is 1. The number of aliphatic hydroxyl groups is 1. The van der Waals surface area contributed by atoms with E-state index >= 15 is 0 Å². The van der Waals surface area contributed by atoms with Crippen molar-refractivity contribution in [3.63, 3.8) is 0 Å². The van der Waals surface area contributed by atoms with E-state index in [2.05, 4.69) is 24.2 Å². The van der Waals surface area contributed by atoms with E-state index in [-0.39, 0.29) is 0 Å². The van der Waals surface area contributed by atoms with Gasteiger partial charge in [-0.25, -0.2) is 0 Å². The summed E-state index contributed by atoms with van der Waals surface area (Å²) >= 11 is 0. The topological polar surface area (TPSA) is 70.6 Å². The summed E-state index contributed by atoms with van der Waals surface area (Å²) in [5.74, 6) is 6.80. The lowest BCUT2D eigenvalue weighted by Crippen LogP contribution is -2.56. The number of hydrogen-bond donors (Lipinski definition) is 3. The van der Waals surface area contributed by atoms with Crippen LogP contribution < -0.4 is 11.1 Å². The van der Waals surface area contributed by atoms with Crippen LogP contribution in [0.1, 0.15) is 26.7 Å². The van der Waals surface area contributed by atoms with Crippen LogP contribution in [-0.2, 0) is 0 Å². The first-order valence-corrected chi connectivity index (χ1v) is 8.31. The Bertz CT molecular complexity index is 498. The minimum atomic E-state index is -0.534. The van der Waals surface area contributed by atoms with Crippen molar-refractivity contribution in [2.75, 3.05) is 6.54 Å². The van der Waals surface area contributed by atoms with Crippen molar-refractivity contribution in [1.29, 1.82) is 0 Å². The van der Waals surface area contributed by atoms with E-state index in [1.807, 2.05) is 0 Å². The predicted octanol–water partition coefficient (Wildman–Crippen LogP) is 0.808. The Morgan fingerprint density at radius 2 is 1.90 bits per heavy atom. The molecule has 0 saturated heterocycles. The van der Waals surface area contributed by atoms with Crippen LogP contribution in [0.15, 0.2) is 4.99 Å². The van der Waals surface area contributed by atoms with E-state index in [9.17, 15) is 5.11 Å². The molecule has 0 spiro atoms. The summed E-state index contributed by atoms with van der Waals surface area (Å²) < 4.78 is 0. The molecule has 0 aliphatic heterocycles. The average Bonchev–Trinajstić information content (AvgIpc) is 2.84. The van der Waals surface area contributed by atoms with E-state index in [1.54, 1.807) is 0 Å². The second kappa shape index (κ2) is 3.34. The summed E-state index contributed by atoms with van der Waals surface area (Å²) in [4.78, 5) is 4.49. The molecule has 5 fully saturated rings. The first-order chi connectivity index (χ1) is 9.52. The summed E-state index contributed by atoms with van der Waals surface area (Å²) in [5, 5.41) is 14.5. The largest absolute Gasteiger partial charge is 0.387 e. The van der Waals surface area contributed by atoms with Gasteiger partial charge in [0, 0.05) is 6.04 Å². The fourth-order valence-electron chi connectivity index (χ4n) is 7.49. The highest BCUT2D eigenvalue weighted by Crippen LogP contribution is 2.85. The van der Waals surface area contributed by atoms with Crippen LogP contribution in [0.4, 0.5) is 0 Å². The van der Waals surface area contributed by atoms with Gasteiger partial charge in [0.15, 0.2) is 5.96 Å². The molecule has 4 nitrogen and oxygen atoms in total. The van der Waals surface area contributed by atoms with Gasteiger partial charge in [-0.15, -0.1) is 0 Å². The Balaban J connectivity index is 1.42. The molecule has 2 bridgehead atoms. The van der Waals surface area contributed by atoms with Gasteiger partial charge in [-0.3, -0.25) is 4.99 Å². The average molecular weight is 275 g/mol. The molecule has 110 valence electrons. The van der Waals surface area contributed by atoms with Gasteiger partial charge in [-0.1, -0.05) is 0 Å². The maximum absolute atomic E-state index is 11.4. The predicted molar refractivity (Wildman–Crippen MR) is 76.9 cm³/mol. The number of fused-ring (bicyclic) bond motifs is 2. The number of guanidine groups is 1. The minimum Gasteiger partial charge on any atom is -0.387 e. The summed E-state index contributed by atoms with van der Waals surface area (Å²) in [6, 6.07) is 0.297. The van der Waals surface area contributed by atoms with Gasteiger partial charge in [0.1, 0.15) is 0 Å². The first kappa shape index (κ1) is 11.8. The van der Waals surface area contributed by atoms with Gasteiger partial charge in [0.2, 0.25) is 0 Å². The molecule has 20 heavy (non-hydrogen) atoms.